The van der Waals surface area contributed by atoms with Crippen molar-refractivity contribution in [2.24, 2.45) is 5.92 Å². The summed E-state index contributed by atoms with van der Waals surface area (Å²) in [7, 11) is 1.70. The molecule has 0 N–H and O–H groups in total. The Labute approximate surface area is 105 Å². The number of hydrogen-bond donors (Lipinski definition) is 0. The molecule has 1 aliphatic heterocycles. The van der Waals surface area contributed by atoms with E-state index in [1.807, 2.05) is 20.8 Å². The van der Waals surface area contributed by atoms with E-state index < -0.39 is 0 Å². The third kappa shape index (κ3) is 3.78. The molecule has 2 aliphatic rings. The first-order valence-corrected chi connectivity index (χ1v) is 6.82. The van der Waals surface area contributed by atoms with Crippen molar-refractivity contribution in [3.8, 4) is 0 Å². The van der Waals surface area contributed by atoms with Gasteiger partial charge in [0.05, 0.1) is 18.5 Å². The van der Waals surface area contributed by atoms with Gasteiger partial charge in [-0.05, 0) is 37.7 Å². The first-order valence-electron chi connectivity index (χ1n) is 6.82. The largest absolute Gasteiger partial charge is 0.380 e. The molecule has 1 heterocycles. The van der Waals surface area contributed by atoms with Gasteiger partial charge in [-0.2, -0.15) is 0 Å². The molecule has 1 saturated carbocycles. The molecular formula is C14H26FNO. The zero-order valence-electron chi connectivity index (χ0n) is 11.6. The number of likely N-dealkylation sites (tertiary alicyclic amines) is 1. The molecule has 0 aromatic heterocycles. The summed E-state index contributed by atoms with van der Waals surface area (Å²) >= 11 is 0. The van der Waals surface area contributed by atoms with E-state index in [0.717, 1.165) is 37.3 Å². The van der Waals surface area contributed by atoms with Crippen LogP contribution in [0.3, 0.4) is 0 Å². The highest BCUT2D eigenvalue weighted by Gasteiger charge is 2.36. The molecule has 100 valence electrons. The van der Waals surface area contributed by atoms with Gasteiger partial charge < -0.3 is 4.74 Å². The van der Waals surface area contributed by atoms with Gasteiger partial charge in [0.15, 0.2) is 0 Å². The maximum atomic E-state index is 12.7. The predicted octanol–water partition coefficient (Wildman–Crippen LogP) is 3.39. The molecule has 17 heavy (non-hydrogen) atoms. The van der Waals surface area contributed by atoms with Gasteiger partial charge in [-0.15, -0.1) is 0 Å². The van der Waals surface area contributed by atoms with Crippen molar-refractivity contribution in [3.05, 3.63) is 11.9 Å². The topological polar surface area (TPSA) is 12.5 Å². The van der Waals surface area contributed by atoms with Crippen LogP contribution in [0.15, 0.2) is 11.9 Å². The van der Waals surface area contributed by atoms with E-state index in [1.54, 1.807) is 7.11 Å². The fourth-order valence-electron chi connectivity index (χ4n) is 2.48. The first-order chi connectivity index (χ1) is 8.26. The summed E-state index contributed by atoms with van der Waals surface area (Å²) in [5.74, 6) is 0.857. The van der Waals surface area contributed by atoms with Gasteiger partial charge in [0.1, 0.15) is 0 Å². The smallest absolute Gasteiger partial charge is 0.0876 e. The fourth-order valence-corrected chi connectivity index (χ4v) is 2.48. The van der Waals surface area contributed by atoms with E-state index in [4.69, 9.17) is 4.74 Å². The highest BCUT2D eigenvalue weighted by Crippen LogP contribution is 2.35. The van der Waals surface area contributed by atoms with Crippen LogP contribution in [-0.4, -0.2) is 37.2 Å². The molecule has 2 atom stereocenters. The summed E-state index contributed by atoms with van der Waals surface area (Å²) in [5, 5.41) is 0. The minimum Gasteiger partial charge on any atom is -0.380 e. The lowest BCUT2D eigenvalue weighted by molar-refractivity contribution is 0.0534. The van der Waals surface area contributed by atoms with Crippen LogP contribution in [0.25, 0.3) is 0 Å². The molecule has 2 nitrogen and oxygen atoms in total. The Kier molecular flexibility index (Phi) is 6.14. The normalized spacial score (nSPS) is 29.0. The maximum absolute atomic E-state index is 12.7. The zero-order valence-corrected chi connectivity index (χ0v) is 11.6. The Morgan fingerprint density at radius 2 is 2.12 bits per heavy atom. The minimum absolute atomic E-state index is 0.0910. The number of ether oxygens (including phenoxy) is 1. The highest BCUT2D eigenvalue weighted by atomic mass is 19.1. The van der Waals surface area contributed by atoms with Gasteiger partial charge in [0, 0.05) is 20.2 Å². The third-order valence-corrected chi connectivity index (χ3v) is 3.61. The maximum Gasteiger partial charge on any atom is 0.0876 e. The number of rotatable bonds is 4. The summed E-state index contributed by atoms with van der Waals surface area (Å²) in [6, 6.07) is 0.167. The van der Waals surface area contributed by atoms with Gasteiger partial charge in [-0.3, -0.25) is 4.90 Å². The van der Waals surface area contributed by atoms with E-state index in [0.29, 0.717) is 0 Å². The Morgan fingerprint density at radius 1 is 1.47 bits per heavy atom. The highest BCUT2D eigenvalue weighted by molar-refractivity contribution is 5.16. The Balaban J connectivity index is 0.000000686. The van der Waals surface area contributed by atoms with E-state index in [9.17, 15) is 4.39 Å². The lowest BCUT2D eigenvalue weighted by Crippen LogP contribution is -2.40. The van der Waals surface area contributed by atoms with Crippen LogP contribution >= 0.6 is 0 Å². The van der Waals surface area contributed by atoms with Crippen molar-refractivity contribution in [1.82, 2.24) is 4.90 Å². The summed E-state index contributed by atoms with van der Waals surface area (Å²) in [5.41, 5.74) is 0.907. The second-order valence-corrected chi connectivity index (χ2v) is 4.76. The lowest BCUT2D eigenvalue weighted by Gasteiger charge is -2.29. The average Bonchev–Trinajstić information content (AvgIpc) is 3.09. The Hall–Kier alpha value is -0.410. The molecule has 0 aromatic carbocycles. The molecule has 3 heteroatoms. The van der Waals surface area contributed by atoms with Crippen molar-refractivity contribution in [2.45, 2.75) is 52.2 Å². The van der Waals surface area contributed by atoms with Crippen molar-refractivity contribution >= 4 is 0 Å². The quantitative estimate of drug-likeness (QED) is 0.750. The van der Waals surface area contributed by atoms with Gasteiger partial charge in [0.25, 0.3) is 0 Å². The van der Waals surface area contributed by atoms with Gasteiger partial charge in [-0.1, -0.05) is 13.8 Å². The monoisotopic (exact) mass is 243 g/mol. The molecule has 0 amide bonds. The first kappa shape index (κ1) is 14.7. The molecule has 0 radical (unpaired) electrons. The van der Waals surface area contributed by atoms with Crippen LogP contribution < -0.4 is 0 Å². The number of methoxy groups -OCH3 is 1. The Bertz CT molecular complexity index is 251. The molecule has 0 bridgehead atoms. The van der Waals surface area contributed by atoms with Crippen LogP contribution in [0.2, 0.25) is 0 Å². The molecule has 0 aromatic rings. The number of nitrogens with zero attached hydrogens (tertiary/aromatic N) is 1. The van der Waals surface area contributed by atoms with Crippen LogP contribution in [0, 0.1) is 5.92 Å². The van der Waals surface area contributed by atoms with E-state index in [-0.39, 0.29) is 12.1 Å². The van der Waals surface area contributed by atoms with Crippen molar-refractivity contribution in [3.63, 3.8) is 0 Å². The Morgan fingerprint density at radius 3 is 2.59 bits per heavy atom. The van der Waals surface area contributed by atoms with Crippen molar-refractivity contribution in [1.29, 1.82) is 0 Å². The van der Waals surface area contributed by atoms with Crippen LogP contribution in [0.1, 0.15) is 40.0 Å². The fraction of sp³-hybridized carbons (Fsp3) is 0.857. The molecule has 0 spiro atoms. The SMILES string of the molecule is CC.COC(C)C1/C(=C\F)CCN1CC1CC1. The van der Waals surface area contributed by atoms with Gasteiger partial charge in [-0.25, -0.2) is 4.39 Å². The van der Waals surface area contributed by atoms with Gasteiger partial charge >= 0.3 is 0 Å². The van der Waals surface area contributed by atoms with Crippen molar-refractivity contribution in [2.75, 3.05) is 20.2 Å². The zero-order chi connectivity index (χ0) is 12.8. The molecule has 1 aliphatic carbocycles. The van der Waals surface area contributed by atoms with Crippen LogP contribution in [0.4, 0.5) is 4.39 Å². The van der Waals surface area contributed by atoms with Crippen LogP contribution in [0.5, 0.6) is 0 Å². The minimum atomic E-state index is 0.0910. The lowest BCUT2D eigenvalue weighted by atomic mass is 10.0. The molecule has 2 unspecified atom stereocenters. The van der Waals surface area contributed by atoms with Crippen molar-refractivity contribution < 1.29 is 9.13 Å². The third-order valence-electron chi connectivity index (χ3n) is 3.61. The number of halogens is 1. The van der Waals surface area contributed by atoms with Gasteiger partial charge in [0.2, 0.25) is 0 Å². The summed E-state index contributed by atoms with van der Waals surface area (Å²) in [4.78, 5) is 2.39. The van der Waals surface area contributed by atoms with E-state index in [1.165, 1.54) is 12.8 Å². The summed E-state index contributed by atoms with van der Waals surface area (Å²) < 4.78 is 18.1. The summed E-state index contributed by atoms with van der Waals surface area (Å²) in [6.45, 7) is 8.14. The van der Waals surface area contributed by atoms with Crippen LogP contribution in [-0.2, 0) is 4.74 Å². The van der Waals surface area contributed by atoms with E-state index >= 15 is 0 Å². The molecule has 2 fully saturated rings. The predicted molar refractivity (Wildman–Crippen MR) is 69.7 cm³/mol. The average molecular weight is 243 g/mol. The second kappa shape index (κ2) is 7.12. The number of hydrogen-bond acceptors (Lipinski definition) is 2. The van der Waals surface area contributed by atoms with E-state index in [2.05, 4.69) is 4.90 Å². The molecular weight excluding hydrogens is 217 g/mol. The second-order valence-electron chi connectivity index (χ2n) is 4.76. The standard InChI is InChI=1S/C12H20FNO.C2H6/c1-9(15-2)12-11(7-13)5-6-14(12)8-10-3-4-10;1-2/h7,9-10,12H,3-6,8H2,1-2H3;1-2H3/b11-7-;. The molecule has 2 rings (SSSR count). The summed E-state index contributed by atoms with van der Waals surface area (Å²) in [6.07, 6.45) is 4.43. The molecule has 1 saturated heterocycles.